The molecule has 0 unspecified atom stereocenters. The number of rotatable bonds is 6. The fourth-order valence-electron chi connectivity index (χ4n) is 3.32. The molecule has 2 atom stereocenters. The average Bonchev–Trinajstić information content (AvgIpc) is 2.94. The minimum absolute atomic E-state index is 0.0407. The zero-order valence-corrected chi connectivity index (χ0v) is 15.1. The molecule has 0 aliphatic carbocycles. The van der Waals surface area contributed by atoms with Gasteiger partial charge in [-0.25, -0.2) is 0 Å². The molecule has 0 bridgehead atoms. The molecule has 0 aromatic heterocycles. The molecular formula is C21H24N2O3. The number of hydrogen-bond acceptors (Lipinski definition) is 4. The number of nitrogens with zero attached hydrogens (tertiary/aromatic N) is 1. The number of benzene rings is 2. The fraction of sp³-hybridized carbons (Fsp3) is 0.333. The van der Waals surface area contributed by atoms with E-state index >= 15 is 0 Å². The third-order valence-electron chi connectivity index (χ3n) is 4.51. The summed E-state index contributed by atoms with van der Waals surface area (Å²) in [5, 5.41) is 14.3. The Morgan fingerprint density at radius 3 is 2.50 bits per heavy atom. The molecule has 0 spiro atoms. The molecule has 0 radical (unpaired) electrons. The Morgan fingerprint density at radius 2 is 1.85 bits per heavy atom. The van der Waals surface area contributed by atoms with Gasteiger partial charge in [-0.05, 0) is 49.9 Å². The molecule has 3 rings (SSSR count). The second-order valence-corrected chi connectivity index (χ2v) is 7.04. The van der Waals surface area contributed by atoms with E-state index in [1.165, 1.54) is 17.7 Å². The number of allylic oxidation sites excluding steroid dienone is 1. The van der Waals surface area contributed by atoms with Gasteiger partial charge in [0, 0.05) is 18.2 Å². The Balaban J connectivity index is 1.59. The molecule has 2 aromatic rings. The first-order chi connectivity index (χ1) is 12.4. The van der Waals surface area contributed by atoms with Gasteiger partial charge in [0.15, 0.2) is 0 Å². The molecule has 1 N–H and O–H groups in total. The number of hydrogen-bond donors (Lipinski definition) is 1. The summed E-state index contributed by atoms with van der Waals surface area (Å²) in [5.41, 5.74) is 1.93. The van der Waals surface area contributed by atoms with Gasteiger partial charge in [-0.3, -0.25) is 15.4 Å². The highest BCUT2D eigenvalue weighted by Gasteiger charge is 2.39. The molecular weight excluding hydrogens is 328 g/mol. The Morgan fingerprint density at radius 1 is 1.15 bits per heavy atom. The van der Waals surface area contributed by atoms with E-state index in [1.54, 1.807) is 12.1 Å². The van der Waals surface area contributed by atoms with Crippen LogP contribution in [0.25, 0.3) is 6.08 Å². The topological polar surface area (TPSA) is 64.4 Å². The van der Waals surface area contributed by atoms with Gasteiger partial charge in [0.25, 0.3) is 5.69 Å². The second kappa shape index (κ2) is 7.81. The average molecular weight is 352 g/mol. The van der Waals surface area contributed by atoms with E-state index in [4.69, 9.17) is 4.74 Å². The Kier molecular flexibility index (Phi) is 5.49. The minimum atomic E-state index is -0.384. The molecule has 1 fully saturated rings. The monoisotopic (exact) mass is 352 g/mol. The van der Waals surface area contributed by atoms with Gasteiger partial charge < -0.3 is 4.74 Å². The van der Waals surface area contributed by atoms with Crippen LogP contribution in [0.3, 0.4) is 0 Å². The van der Waals surface area contributed by atoms with Crippen molar-refractivity contribution in [1.29, 1.82) is 0 Å². The second-order valence-electron chi connectivity index (χ2n) is 7.04. The molecule has 1 aliphatic rings. The van der Waals surface area contributed by atoms with Crippen molar-refractivity contribution in [2.75, 3.05) is 0 Å². The SMILES string of the molecule is CC1(C)N[C@H](CC/C=C/c2ccc([N+](=O)[O-])cc2)[C@@H](c2ccccc2)O1. The third kappa shape index (κ3) is 4.56. The Bertz CT molecular complexity index is 770. The summed E-state index contributed by atoms with van der Waals surface area (Å²) in [5.74, 6) is 0. The standard InChI is InChI=1S/C21H24N2O3/c1-21(2)22-19(20(26-21)17-9-4-3-5-10-17)11-7-6-8-16-12-14-18(15-13-16)23(24)25/h3-6,8-10,12-15,19-20,22H,7,11H2,1-2H3/b8-6+/t19-,20-/m1/s1. The van der Waals surface area contributed by atoms with Gasteiger partial charge in [-0.15, -0.1) is 0 Å². The smallest absolute Gasteiger partial charge is 0.269 e. The summed E-state index contributed by atoms with van der Waals surface area (Å²) in [6, 6.07) is 17.1. The first-order valence-electron chi connectivity index (χ1n) is 8.86. The zero-order chi connectivity index (χ0) is 18.6. The van der Waals surface area contributed by atoms with Crippen molar-refractivity contribution in [2.24, 2.45) is 0 Å². The lowest BCUT2D eigenvalue weighted by Gasteiger charge is -2.18. The molecule has 136 valence electrons. The van der Waals surface area contributed by atoms with E-state index in [1.807, 2.05) is 24.3 Å². The third-order valence-corrected chi connectivity index (χ3v) is 4.51. The first kappa shape index (κ1) is 18.3. The highest BCUT2D eigenvalue weighted by molar-refractivity contribution is 5.51. The highest BCUT2D eigenvalue weighted by Crippen LogP contribution is 2.35. The predicted octanol–water partition coefficient (Wildman–Crippen LogP) is 4.85. The molecule has 1 heterocycles. The van der Waals surface area contributed by atoms with Gasteiger partial charge in [-0.2, -0.15) is 0 Å². The maximum atomic E-state index is 10.7. The maximum Gasteiger partial charge on any atom is 0.269 e. The number of nitro benzene ring substituents is 1. The molecule has 0 saturated carbocycles. The molecule has 5 nitrogen and oxygen atoms in total. The van der Waals surface area contributed by atoms with E-state index in [0.717, 1.165) is 18.4 Å². The summed E-state index contributed by atoms with van der Waals surface area (Å²) in [7, 11) is 0. The van der Waals surface area contributed by atoms with Crippen LogP contribution in [0, 0.1) is 10.1 Å². The molecule has 1 aliphatic heterocycles. The van der Waals surface area contributed by atoms with Crippen LogP contribution < -0.4 is 5.32 Å². The van der Waals surface area contributed by atoms with Gasteiger partial charge >= 0.3 is 0 Å². The molecule has 2 aromatic carbocycles. The van der Waals surface area contributed by atoms with Crippen molar-refractivity contribution in [3.8, 4) is 0 Å². The van der Waals surface area contributed by atoms with Crippen molar-refractivity contribution < 1.29 is 9.66 Å². The summed E-state index contributed by atoms with van der Waals surface area (Å²) in [6.07, 6.45) is 6.00. The normalized spacial score (nSPS) is 21.9. The Labute approximate surface area is 153 Å². The van der Waals surface area contributed by atoms with E-state index in [9.17, 15) is 10.1 Å². The lowest BCUT2D eigenvalue weighted by molar-refractivity contribution is -0.384. The Hall–Kier alpha value is -2.50. The maximum absolute atomic E-state index is 10.7. The van der Waals surface area contributed by atoms with Crippen molar-refractivity contribution >= 4 is 11.8 Å². The van der Waals surface area contributed by atoms with Gasteiger partial charge in [0.2, 0.25) is 0 Å². The predicted molar refractivity (Wildman–Crippen MR) is 103 cm³/mol. The number of nitrogens with one attached hydrogen (secondary N) is 1. The van der Waals surface area contributed by atoms with Gasteiger partial charge in [-0.1, -0.05) is 42.5 Å². The van der Waals surface area contributed by atoms with E-state index in [-0.39, 0.29) is 28.5 Å². The van der Waals surface area contributed by atoms with Crippen LogP contribution >= 0.6 is 0 Å². The lowest BCUT2D eigenvalue weighted by atomic mass is 9.99. The van der Waals surface area contributed by atoms with Crippen molar-refractivity contribution in [3.63, 3.8) is 0 Å². The van der Waals surface area contributed by atoms with E-state index in [2.05, 4.69) is 37.4 Å². The first-order valence-corrected chi connectivity index (χ1v) is 8.86. The zero-order valence-electron chi connectivity index (χ0n) is 15.1. The number of non-ortho nitro benzene ring substituents is 1. The molecule has 1 saturated heterocycles. The molecule has 5 heteroatoms. The van der Waals surface area contributed by atoms with Crippen LogP contribution in [0.5, 0.6) is 0 Å². The van der Waals surface area contributed by atoms with Crippen LogP contribution in [0.2, 0.25) is 0 Å². The summed E-state index contributed by atoms with van der Waals surface area (Å²) in [4.78, 5) is 10.3. The van der Waals surface area contributed by atoms with Crippen LogP contribution in [0.4, 0.5) is 5.69 Å². The van der Waals surface area contributed by atoms with Crippen molar-refractivity contribution in [2.45, 2.75) is 44.6 Å². The van der Waals surface area contributed by atoms with Crippen LogP contribution in [-0.4, -0.2) is 16.7 Å². The van der Waals surface area contributed by atoms with Crippen LogP contribution in [0.15, 0.2) is 60.7 Å². The van der Waals surface area contributed by atoms with Crippen LogP contribution in [-0.2, 0) is 4.74 Å². The molecule has 0 amide bonds. The summed E-state index contributed by atoms with van der Waals surface area (Å²) in [6.45, 7) is 4.10. The lowest BCUT2D eigenvalue weighted by Crippen LogP contribution is -2.38. The van der Waals surface area contributed by atoms with Crippen molar-refractivity contribution in [1.82, 2.24) is 5.32 Å². The van der Waals surface area contributed by atoms with Crippen molar-refractivity contribution in [3.05, 3.63) is 81.9 Å². The van der Waals surface area contributed by atoms with Gasteiger partial charge in [0.05, 0.1) is 4.92 Å². The van der Waals surface area contributed by atoms with Crippen LogP contribution in [0.1, 0.15) is 43.9 Å². The van der Waals surface area contributed by atoms with Gasteiger partial charge in [0.1, 0.15) is 11.8 Å². The minimum Gasteiger partial charge on any atom is -0.352 e. The summed E-state index contributed by atoms with van der Waals surface area (Å²) >= 11 is 0. The fourth-order valence-corrected chi connectivity index (χ4v) is 3.32. The largest absolute Gasteiger partial charge is 0.352 e. The summed E-state index contributed by atoms with van der Waals surface area (Å²) < 4.78 is 6.20. The highest BCUT2D eigenvalue weighted by atomic mass is 16.6. The van der Waals surface area contributed by atoms with E-state index in [0.29, 0.717) is 0 Å². The van der Waals surface area contributed by atoms with E-state index < -0.39 is 0 Å². The number of ether oxygens (including phenoxy) is 1. The molecule has 26 heavy (non-hydrogen) atoms. The quantitative estimate of drug-likeness (QED) is 0.596. The number of nitro groups is 1.